The molecule has 0 spiro atoms. The third kappa shape index (κ3) is 3.27. The lowest BCUT2D eigenvalue weighted by Crippen LogP contribution is -2.18. The van der Waals surface area contributed by atoms with Gasteiger partial charge in [0.2, 0.25) is 0 Å². The molecular formula is C16H18FNO2. The summed E-state index contributed by atoms with van der Waals surface area (Å²) in [5.74, 6) is 1.10. The van der Waals surface area contributed by atoms with Crippen molar-refractivity contribution in [3.63, 3.8) is 0 Å². The summed E-state index contributed by atoms with van der Waals surface area (Å²) in [5.41, 5.74) is 7.24. The minimum absolute atomic E-state index is 0.247. The van der Waals surface area contributed by atoms with Crippen LogP contribution in [0.3, 0.4) is 0 Å². The van der Waals surface area contributed by atoms with E-state index in [4.69, 9.17) is 15.2 Å². The number of hydrogen-bond donors (Lipinski definition) is 1. The van der Waals surface area contributed by atoms with Crippen LogP contribution in [0.5, 0.6) is 11.5 Å². The van der Waals surface area contributed by atoms with Gasteiger partial charge in [-0.2, -0.15) is 0 Å². The lowest BCUT2D eigenvalue weighted by Gasteiger charge is -2.18. The molecule has 0 aliphatic heterocycles. The van der Waals surface area contributed by atoms with E-state index in [-0.39, 0.29) is 11.9 Å². The van der Waals surface area contributed by atoms with Crippen molar-refractivity contribution in [1.29, 1.82) is 0 Å². The molecule has 0 aliphatic carbocycles. The Bertz CT molecular complexity index is 586. The molecule has 0 saturated heterocycles. The standard InChI is InChI=1S/C16H18FNO2/c1-11-8-14(6-7-15(11)17)20-16(10-18)12-4-3-5-13(9-12)19-2/h3-9,16H,10,18H2,1-2H3. The third-order valence-electron chi connectivity index (χ3n) is 3.09. The molecule has 0 aliphatic rings. The van der Waals surface area contributed by atoms with Gasteiger partial charge in [0, 0.05) is 6.54 Å². The Hall–Kier alpha value is -2.07. The van der Waals surface area contributed by atoms with Crippen molar-refractivity contribution in [1.82, 2.24) is 0 Å². The summed E-state index contributed by atoms with van der Waals surface area (Å²) in [6.45, 7) is 2.02. The average Bonchev–Trinajstić information content (AvgIpc) is 2.48. The van der Waals surface area contributed by atoms with Gasteiger partial charge in [0.25, 0.3) is 0 Å². The summed E-state index contributed by atoms with van der Waals surface area (Å²) >= 11 is 0. The second-order valence-electron chi connectivity index (χ2n) is 4.53. The number of methoxy groups -OCH3 is 1. The van der Waals surface area contributed by atoms with Crippen molar-refractivity contribution < 1.29 is 13.9 Å². The van der Waals surface area contributed by atoms with Crippen LogP contribution in [0.2, 0.25) is 0 Å². The lowest BCUT2D eigenvalue weighted by molar-refractivity contribution is 0.213. The number of rotatable bonds is 5. The fourth-order valence-electron chi connectivity index (χ4n) is 1.95. The molecule has 4 heteroatoms. The summed E-state index contributed by atoms with van der Waals surface area (Å²) in [6.07, 6.45) is -0.296. The molecule has 2 rings (SSSR count). The Labute approximate surface area is 118 Å². The Morgan fingerprint density at radius 2 is 1.95 bits per heavy atom. The van der Waals surface area contributed by atoms with Crippen molar-refractivity contribution >= 4 is 0 Å². The van der Waals surface area contributed by atoms with Crippen molar-refractivity contribution in [3.8, 4) is 11.5 Å². The summed E-state index contributed by atoms with van der Waals surface area (Å²) in [6, 6.07) is 12.2. The number of aryl methyl sites for hydroxylation is 1. The third-order valence-corrected chi connectivity index (χ3v) is 3.09. The molecule has 3 nitrogen and oxygen atoms in total. The van der Waals surface area contributed by atoms with Crippen LogP contribution in [-0.2, 0) is 0 Å². The molecule has 0 saturated carbocycles. The van der Waals surface area contributed by atoms with Crippen molar-refractivity contribution in [2.45, 2.75) is 13.0 Å². The number of ether oxygens (including phenoxy) is 2. The van der Waals surface area contributed by atoms with E-state index in [9.17, 15) is 4.39 Å². The van der Waals surface area contributed by atoms with E-state index in [2.05, 4.69) is 0 Å². The number of benzene rings is 2. The molecule has 0 fully saturated rings. The molecule has 2 N–H and O–H groups in total. The first kappa shape index (κ1) is 14.3. The zero-order valence-electron chi connectivity index (χ0n) is 11.6. The minimum Gasteiger partial charge on any atom is -0.497 e. The Morgan fingerprint density at radius 3 is 2.60 bits per heavy atom. The second kappa shape index (κ2) is 6.39. The van der Waals surface area contributed by atoms with Crippen molar-refractivity contribution in [2.24, 2.45) is 5.73 Å². The fourth-order valence-corrected chi connectivity index (χ4v) is 1.95. The Kier molecular flexibility index (Phi) is 4.58. The van der Waals surface area contributed by atoms with E-state index in [0.29, 0.717) is 17.9 Å². The van der Waals surface area contributed by atoms with E-state index in [0.717, 1.165) is 11.3 Å². The maximum Gasteiger partial charge on any atom is 0.136 e. The van der Waals surface area contributed by atoms with Gasteiger partial charge in [-0.15, -0.1) is 0 Å². The van der Waals surface area contributed by atoms with Gasteiger partial charge in [0.15, 0.2) is 0 Å². The van der Waals surface area contributed by atoms with Gasteiger partial charge in [-0.05, 0) is 48.4 Å². The van der Waals surface area contributed by atoms with Gasteiger partial charge >= 0.3 is 0 Å². The highest BCUT2D eigenvalue weighted by Gasteiger charge is 2.13. The monoisotopic (exact) mass is 275 g/mol. The quantitative estimate of drug-likeness (QED) is 0.911. The van der Waals surface area contributed by atoms with Gasteiger partial charge < -0.3 is 15.2 Å². The van der Waals surface area contributed by atoms with E-state index in [1.807, 2.05) is 24.3 Å². The van der Waals surface area contributed by atoms with E-state index >= 15 is 0 Å². The summed E-state index contributed by atoms with van der Waals surface area (Å²) in [7, 11) is 1.61. The second-order valence-corrected chi connectivity index (χ2v) is 4.53. The molecule has 1 unspecified atom stereocenters. The molecular weight excluding hydrogens is 257 g/mol. The molecule has 2 aromatic rings. The van der Waals surface area contributed by atoms with Crippen LogP contribution in [0.25, 0.3) is 0 Å². The first-order chi connectivity index (χ1) is 9.63. The normalized spacial score (nSPS) is 12.0. The highest BCUT2D eigenvalue weighted by Crippen LogP contribution is 2.25. The molecule has 2 aromatic carbocycles. The number of hydrogen-bond acceptors (Lipinski definition) is 3. The molecule has 0 aromatic heterocycles. The minimum atomic E-state index is -0.296. The molecule has 20 heavy (non-hydrogen) atoms. The van der Waals surface area contributed by atoms with Gasteiger partial charge in [0.1, 0.15) is 23.4 Å². The Morgan fingerprint density at radius 1 is 1.15 bits per heavy atom. The SMILES string of the molecule is COc1cccc(C(CN)Oc2ccc(F)c(C)c2)c1. The van der Waals surface area contributed by atoms with Crippen LogP contribution in [0.1, 0.15) is 17.2 Å². The predicted molar refractivity (Wildman–Crippen MR) is 76.6 cm³/mol. The van der Waals surface area contributed by atoms with Gasteiger partial charge in [-0.1, -0.05) is 12.1 Å². The van der Waals surface area contributed by atoms with Crippen LogP contribution < -0.4 is 15.2 Å². The first-order valence-electron chi connectivity index (χ1n) is 6.41. The first-order valence-corrected chi connectivity index (χ1v) is 6.41. The van der Waals surface area contributed by atoms with Crippen LogP contribution in [-0.4, -0.2) is 13.7 Å². The van der Waals surface area contributed by atoms with E-state index < -0.39 is 0 Å². The maximum atomic E-state index is 13.2. The zero-order valence-corrected chi connectivity index (χ0v) is 11.6. The lowest BCUT2D eigenvalue weighted by atomic mass is 10.1. The smallest absolute Gasteiger partial charge is 0.136 e. The largest absolute Gasteiger partial charge is 0.497 e. The van der Waals surface area contributed by atoms with Crippen LogP contribution in [0, 0.1) is 12.7 Å². The predicted octanol–water partition coefficient (Wildman–Crippen LogP) is 3.22. The molecule has 0 radical (unpaired) electrons. The average molecular weight is 275 g/mol. The number of halogens is 1. The van der Waals surface area contributed by atoms with Gasteiger partial charge in [0.05, 0.1) is 7.11 Å². The van der Waals surface area contributed by atoms with Crippen LogP contribution >= 0.6 is 0 Å². The maximum absolute atomic E-state index is 13.2. The van der Waals surface area contributed by atoms with E-state index in [1.54, 1.807) is 26.2 Å². The molecule has 1 atom stereocenters. The molecule has 0 amide bonds. The van der Waals surface area contributed by atoms with Gasteiger partial charge in [-0.3, -0.25) is 0 Å². The van der Waals surface area contributed by atoms with Crippen molar-refractivity contribution in [3.05, 3.63) is 59.4 Å². The Balaban J connectivity index is 2.21. The summed E-state index contributed by atoms with van der Waals surface area (Å²) in [4.78, 5) is 0. The topological polar surface area (TPSA) is 44.5 Å². The van der Waals surface area contributed by atoms with E-state index in [1.165, 1.54) is 6.07 Å². The summed E-state index contributed by atoms with van der Waals surface area (Å²) < 4.78 is 24.3. The highest BCUT2D eigenvalue weighted by atomic mass is 19.1. The van der Waals surface area contributed by atoms with Crippen molar-refractivity contribution in [2.75, 3.05) is 13.7 Å². The number of nitrogens with two attached hydrogens (primary N) is 1. The van der Waals surface area contributed by atoms with Crippen LogP contribution in [0.4, 0.5) is 4.39 Å². The summed E-state index contributed by atoms with van der Waals surface area (Å²) in [5, 5.41) is 0. The fraction of sp³-hybridized carbons (Fsp3) is 0.250. The van der Waals surface area contributed by atoms with Crippen LogP contribution in [0.15, 0.2) is 42.5 Å². The highest BCUT2D eigenvalue weighted by molar-refractivity contribution is 5.33. The molecule has 106 valence electrons. The molecule has 0 heterocycles. The molecule has 0 bridgehead atoms. The zero-order chi connectivity index (χ0) is 14.5. The van der Waals surface area contributed by atoms with Gasteiger partial charge in [-0.25, -0.2) is 4.39 Å².